The molecule has 0 spiro atoms. The van der Waals surface area contributed by atoms with Crippen LogP contribution < -0.4 is 18.9 Å². The first-order valence-corrected chi connectivity index (χ1v) is 12.2. The van der Waals surface area contributed by atoms with E-state index in [0.717, 1.165) is 5.56 Å². The highest BCUT2D eigenvalue weighted by Gasteiger charge is 2.46. The van der Waals surface area contributed by atoms with Crippen LogP contribution in [0.5, 0.6) is 23.0 Å². The number of hydrogen-bond donors (Lipinski definition) is 1. The van der Waals surface area contributed by atoms with Gasteiger partial charge in [0.25, 0.3) is 11.7 Å². The van der Waals surface area contributed by atoms with Gasteiger partial charge in [0, 0.05) is 6.54 Å². The normalized spacial score (nSPS) is 16.6. The fourth-order valence-corrected chi connectivity index (χ4v) is 4.49. The number of ketones is 1. The molecule has 0 aromatic heterocycles. The van der Waals surface area contributed by atoms with E-state index in [0.29, 0.717) is 28.6 Å². The molecule has 1 N–H and O–H groups in total. The summed E-state index contributed by atoms with van der Waals surface area (Å²) in [6, 6.07) is 18.5. The van der Waals surface area contributed by atoms with Gasteiger partial charge >= 0.3 is 0 Å². The Balaban J connectivity index is 1.89. The van der Waals surface area contributed by atoms with E-state index in [1.165, 1.54) is 19.1 Å². The zero-order valence-corrected chi connectivity index (χ0v) is 22.1. The van der Waals surface area contributed by atoms with Gasteiger partial charge in [-0.2, -0.15) is 0 Å². The van der Waals surface area contributed by atoms with Crippen LogP contribution in [0, 0.1) is 0 Å². The van der Waals surface area contributed by atoms with E-state index >= 15 is 0 Å². The van der Waals surface area contributed by atoms with Gasteiger partial charge in [-0.25, -0.2) is 0 Å². The molecule has 198 valence electrons. The zero-order chi connectivity index (χ0) is 27.4. The number of aliphatic hydroxyl groups excluding tert-OH is 1. The summed E-state index contributed by atoms with van der Waals surface area (Å²) in [7, 11) is 4.54. The first-order chi connectivity index (χ1) is 18.3. The monoisotopic (exact) mass is 517 g/mol. The minimum absolute atomic E-state index is 0.0447. The summed E-state index contributed by atoms with van der Waals surface area (Å²) >= 11 is 0. The Labute approximate surface area is 222 Å². The summed E-state index contributed by atoms with van der Waals surface area (Å²) in [5.74, 6) is 0.202. The quantitative estimate of drug-likeness (QED) is 0.239. The van der Waals surface area contributed by atoms with Crippen molar-refractivity contribution in [2.75, 3.05) is 21.3 Å². The number of hydrogen-bond acceptors (Lipinski definition) is 7. The van der Waals surface area contributed by atoms with E-state index < -0.39 is 17.7 Å². The van der Waals surface area contributed by atoms with E-state index in [2.05, 4.69) is 0 Å². The van der Waals surface area contributed by atoms with Crippen LogP contribution in [0.1, 0.15) is 36.6 Å². The summed E-state index contributed by atoms with van der Waals surface area (Å²) in [6.07, 6.45) is -0.0723. The molecule has 1 amide bonds. The largest absolute Gasteiger partial charge is 0.507 e. The predicted molar refractivity (Wildman–Crippen MR) is 143 cm³/mol. The Kier molecular flexibility index (Phi) is 7.90. The van der Waals surface area contributed by atoms with E-state index in [1.54, 1.807) is 55.6 Å². The first kappa shape index (κ1) is 26.6. The minimum atomic E-state index is -0.872. The number of amides is 1. The molecule has 3 aromatic carbocycles. The maximum Gasteiger partial charge on any atom is 0.295 e. The highest BCUT2D eigenvalue weighted by molar-refractivity contribution is 6.46. The van der Waals surface area contributed by atoms with Crippen molar-refractivity contribution in [3.05, 3.63) is 89.0 Å². The molecule has 1 aliphatic heterocycles. The molecular weight excluding hydrogens is 486 g/mol. The minimum Gasteiger partial charge on any atom is -0.507 e. The van der Waals surface area contributed by atoms with E-state index in [-0.39, 0.29) is 29.5 Å². The highest BCUT2D eigenvalue weighted by atomic mass is 16.5. The Bertz CT molecular complexity index is 1360. The van der Waals surface area contributed by atoms with Crippen LogP contribution in [-0.4, -0.2) is 49.1 Å². The molecule has 0 radical (unpaired) electrons. The third-order valence-electron chi connectivity index (χ3n) is 6.26. The molecular formula is C30H31NO7. The van der Waals surface area contributed by atoms with Crippen molar-refractivity contribution in [1.82, 2.24) is 4.90 Å². The summed E-state index contributed by atoms with van der Waals surface area (Å²) < 4.78 is 21.9. The molecule has 0 aliphatic carbocycles. The molecule has 8 nitrogen and oxygen atoms in total. The molecule has 1 saturated heterocycles. The third kappa shape index (κ3) is 5.29. The smallest absolute Gasteiger partial charge is 0.295 e. The Morgan fingerprint density at radius 2 is 1.55 bits per heavy atom. The molecule has 0 saturated carbocycles. The number of rotatable bonds is 9. The van der Waals surface area contributed by atoms with Crippen LogP contribution in [0.4, 0.5) is 0 Å². The van der Waals surface area contributed by atoms with Gasteiger partial charge in [0.1, 0.15) is 28.8 Å². The molecule has 1 atom stereocenters. The average Bonchev–Trinajstić information content (AvgIpc) is 3.17. The van der Waals surface area contributed by atoms with Crippen LogP contribution >= 0.6 is 0 Å². The molecule has 8 heteroatoms. The number of Topliss-reactive ketones (excluding diaryl/α,β-unsaturated/α-hetero) is 1. The number of aliphatic hydroxyl groups is 1. The maximum absolute atomic E-state index is 13.5. The van der Waals surface area contributed by atoms with Gasteiger partial charge in [-0.1, -0.05) is 24.3 Å². The molecule has 38 heavy (non-hydrogen) atoms. The molecule has 1 heterocycles. The van der Waals surface area contributed by atoms with Crippen LogP contribution in [0.25, 0.3) is 5.76 Å². The average molecular weight is 518 g/mol. The van der Waals surface area contributed by atoms with Gasteiger partial charge in [-0.05, 0) is 67.4 Å². The fourth-order valence-electron chi connectivity index (χ4n) is 4.49. The molecule has 1 aliphatic rings. The summed E-state index contributed by atoms with van der Waals surface area (Å²) in [5, 5.41) is 11.5. The van der Waals surface area contributed by atoms with Crippen molar-refractivity contribution in [2.24, 2.45) is 0 Å². The van der Waals surface area contributed by atoms with Gasteiger partial charge in [0.15, 0.2) is 0 Å². The van der Waals surface area contributed by atoms with Gasteiger partial charge in [0.05, 0.1) is 44.6 Å². The van der Waals surface area contributed by atoms with Crippen molar-refractivity contribution in [3.63, 3.8) is 0 Å². The highest BCUT2D eigenvalue weighted by Crippen LogP contribution is 2.43. The fraction of sp³-hybridized carbons (Fsp3) is 0.267. The van der Waals surface area contributed by atoms with Crippen molar-refractivity contribution in [2.45, 2.75) is 32.5 Å². The summed E-state index contributed by atoms with van der Waals surface area (Å²) in [5.41, 5.74) is 1.62. The number of benzene rings is 3. The van der Waals surface area contributed by atoms with Gasteiger partial charge < -0.3 is 29.0 Å². The van der Waals surface area contributed by atoms with Crippen LogP contribution in [-0.2, 0) is 16.1 Å². The topological polar surface area (TPSA) is 94.5 Å². The number of likely N-dealkylation sites (tertiary alicyclic amines) is 1. The zero-order valence-electron chi connectivity index (χ0n) is 22.1. The lowest BCUT2D eigenvalue weighted by Crippen LogP contribution is -2.29. The summed E-state index contributed by atoms with van der Waals surface area (Å²) in [6.45, 7) is 3.97. The SMILES string of the molecule is COc1ccc(CN2C(=O)C(=O)/C(=C(/O)c3cc(OC)ccc3OC)C2c2cccc(OC(C)C)c2)cc1. The number of carbonyl (C=O) groups excluding carboxylic acids is 2. The number of ether oxygens (including phenoxy) is 4. The lowest BCUT2D eigenvalue weighted by molar-refractivity contribution is -0.140. The Morgan fingerprint density at radius 3 is 2.18 bits per heavy atom. The molecule has 3 aromatic rings. The second kappa shape index (κ2) is 11.3. The lowest BCUT2D eigenvalue weighted by Gasteiger charge is -2.26. The molecule has 4 rings (SSSR count). The van der Waals surface area contributed by atoms with Crippen LogP contribution in [0.15, 0.2) is 72.3 Å². The van der Waals surface area contributed by atoms with E-state index in [9.17, 15) is 14.7 Å². The number of nitrogens with zero attached hydrogens (tertiary/aromatic N) is 1. The van der Waals surface area contributed by atoms with E-state index in [4.69, 9.17) is 18.9 Å². The maximum atomic E-state index is 13.5. The number of carbonyl (C=O) groups is 2. The number of methoxy groups -OCH3 is 3. The van der Waals surface area contributed by atoms with Crippen molar-refractivity contribution in [1.29, 1.82) is 0 Å². The van der Waals surface area contributed by atoms with Gasteiger partial charge in [-0.15, -0.1) is 0 Å². The second-order valence-corrected chi connectivity index (χ2v) is 9.08. The Morgan fingerprint density at radius 1 is 0.868 bits per heavy atom. The predicted octanol–water partition coefficient (Wildman–Crippen LogP) is 5.12. The van der Waals surface area contributed by atoms with Crippen molar-refractivity contribution >= 4 is 17.4 Å². The standard InChI is InChI=1S/C30H31NO7/c1-18(2)38-23-8-6-7-20(15-23)27-26(28(32)24-16-22(36-4)13-14-25(24)37-5)29(33)30(34)31(27)17-19-9-11-21(35-3)12-10-19/h6-16,18,27,32H,17H2,1-5H3/b28-26+. The molecule has 0 bridgehead atoms. The van der Waals surface area contributed by atoms with Crippen LogP contribution in [0.2, 0.25) is 0 Å². The molecule has 1 fully saturated rings. The van der Waals surface area contributed by atoms with E-state index in [1.807, 2.05) is 32.0 Å². The second-order valence-electron chi connectivity index (χ2n) is 9.08. The van der Waals surface area contributed by atoms with Gasteiger partial charge in [-0.3, -0.25) is 9.59 Å². The van der Waals surface area contributed by atoms with Crippen LogP contribution in [0.3, 0.4) is 0 Å². The molecule has 1 unspecified atom stereocenters. The van der Waals surface area contributed by atoms with Crippen molar-refractivity contribution < 1.29 is 33.6 Å². The first-order valence-electron chi connectivity index (χ1n) is 12.2. The van der Waals surface area contributed by atoms with Crippen molar-refractivity contribution in [3.8, 4) is 23.0 Å². The third-order valence-corrected chi connectivity index (χ3v) is 6.26. The lowest BCUT2D eigenvalue weighted by atomic mass is 9.94. The summed E-state index contributed by atoms with van der Waals surface area (Å²) in [4.78, 5) is 28.4. The van der Waals surface area contributed by atoms with Gasteiger partial charge in [0.2, 0.25) is 0 Å². The Hall–Kier alpha value is -4.46.